The van der Waals surface area contributed by atoms with Crippen LogP contribution in [0, 0.1) is 12.8 Å². The highest BCUT2D eigenvalue weighted by atomic mass is 16.2. The summed E-state index contributed by atoms with van der Waals surface area (Å²) in [6, 6.07) is 16.0. The number of hydrogen-bond acceptors (Lipinski definition) is 5. The van der Waals surface area contributed by atoms with Crippen molar-refractivity contribution in [2.75, 3.05) is 23.7 Å². The highest BCUT2D eigenvalue weighted by Crippen LogP contribution is 2.27. The molecular formula is C32H39N7O4. The second-order valence-corrected chi connectivity index (χ2v) is 12.4. The van der Waals surface area contributed by atoms with Crippen LogP contribution in [0.15, 0.2) is 54.6 Å². The van der Waals surface area contributed by atoms with Gasteiger partial charge in [-0.05, 0) is 61.9 Å². The van der Waals surface area contributed by atoms with E-state index in [9.17, 15) is 19.2 Å². The molecule has 0 bridgehead atoms. The first kappa shape index (κ1) is 29.8. The van der Waals surface area contributed by atoms with E-state index in [2.05, 4.69) is 42.0 Å². The molecule has 2 saturated heterocycles. The predicted octanol–water partition coefficient (Wildman–Crippen LogP) is 4.50. The summed E-state index contributed by atoms with van der Waals surface area (Å²) >= 11 is 0. The number of carbonyl (C=O) groups excluding carboxylic acids is 4. The van der Waals surface area contributed by atoms with Gasteiger partial charge in [0.25, 0.3) is 5.91 Å². The quantitative estimate of drug-likeness (QED) is 0.303. The van der Waals surface area contributed by atoms with Crippen molar-refractivity contribution < 1.29 is 19.2 Å². The number of amides is 6. The number of aryl methyl sites for hydroxylation is 1. The van der Waals surface area contributed by atoms with Gasteiger partial charge >= 0.3 is 12.1 Å². The van der Waals surface area contributed by atoms with Gasteiger partial charge in [-0.1, -0.05) is 50.6 Å². The number of nitrogens with one attached hydrogen (secondary N) is 4. The van der Waals surface area contributed by atoms with E-state index in [1.165, 1.54) is 0 Å². The molecule has 2 aliphatic rings. The minimum absolute atomic E-state index is 0.0175. The van der Waals surface area contributed by atoms with Crippen LogP contribution in [-0.2, 0) is 21.4 Å². The summed E-state index contributed by atoms with van der Waals surface area (Å²) in [5.41, 5.74) is 4.54. The standard InChI is InChI=1S/C32H39N7O4/c1-20-5-11-24(12-6-20)39-27(19-26(37-39)32(2,3)4)35-30(42)33-23-9-7-21(8-10-23)17-22-13-15-38(16-14-22)28(40)18-25-29(41)36-31(43)34-25/h5-12,19,22,25H,13-18H2,1-4H3,(H2,33,35,42)(H2,34,36,41,43)/t25-/m0/s1. The summed E-state index contributed by atoms with van der Waals surface area (Å²) in [6.45, 7) is 9.54. The third-order valence-corrected chi connectivity index (χ3v) is 7.94. The van der Waals surface area contributed by atoms with E-state index in [4.69, 9.17) is 5.10 Å². The molecule has 43 heavy (non-hydrogen) atoms. The first-order valence-corrected chi connectivity index (χ1v) is 14.7. The molecule has 0 aliphatic carbocycles. The molecule has 2 aliphatic heterocycles. The Labute approximate surface area is 251 Å². The fraction of sp³-hybridized carbons (Fsp3) is 0.406. The molecule has 0 saturated carbocycles. The number of nitrogens with zero attached hydrogens (tertiary/aromatic N) is 3. The number of rotatable bonds is 7. The highest BCUT2D eigenvalue weighted by Gasteiger charge is 2.33. The number of benzene rings is 2. The van der Waals surface area contributed by atoms with Gasteiger partial charge in [0.1, 0.15) is 11.9 Å². The number of imide groups is 1. The average molecular weight is 586 g/mol. The molecule has 11 nitrogen and oxygen atoms in total. The van der Waals surface area contributed by atoms with Crippen molar-refractivity contribution in [2.24, 2.45) is 5.92 Å². The Morgan fingerprint density at radius 1 is 0.977 bits per heavy atom. The normalized spacial score (nSPS) is 17.4. The summed E-state index contributed by atoms with van der Waals surface area (Å²) in [4.78, 5) is 50.4. The fourth-order valence-corrected chi connectivity index (χ4v) is 5.35. The first-order valence-electron chi connectivity index (χ1n) is 14.7. The summed E-state index contributed by atoms with van der Waals surface area (Å²) in [5.74, 6) is 0.446. The highest BCUT2D eigenvalue weighted by molar-refractivity contribution is 6.05. The second-order valence-electron chi connectivity index (χ2n) is 12.4. The van der Waals surface area contributed by atoms with Crippen molar-refractivity contribution in [1.29, 1.82) is 0 Å². The second kappa shape index (κ2) is 12.3. The molecule has 6 amide bonds. The fourth-order valence-electron chi connectivity index (χ4n) is 5.35. The molecule has 2 aromatic carbocycles. The van der Waals surface area contributed by atoms with Crippen LogP contribution in [-0.4, -0.2) is 57.7 Å². The van der Waals surface area contributed by atoms with Crippen LogP contribution in [0.5, 0.6) is 0 Å². The third-order valence-electron chi connectivity index (χ3n) is 7.94. The van der Waals surface area contributed by atoms with E-state index in [0.717, 1.165) is 41.8 Å². The number of urea groups is 2. The van der Waals surface area contributed by atoms with Gasteiger partial charge in [0.05, 0.1) is 17.8 Å². The minimum Gasteiger partial charge on any atom is -0.343 e. The molecule has 226 valence electrons. The molecular weight excluding hydrogens is 546 g/mol. The van der Waals surface area contributed by atoms with Crippen molar-refractivity contribution >= 4 is 35.4 Å². The Morgan fingerprint density at radius 3 is 2.26 bits per heavy atom. The lowest BCUT2D eigenvalue weighted by molar-refractivity contribution is -0.135. The number of likely N-dealkylation sites (tertiary alicyclic amines) is 1. The molecule has 0 radical (unpaired) electrons. The van der Waals surface area contributed by atoms with Crippen molar-refractivity contribution in [3.8, 4) is 5.69 Å². The summed E-state index contributed by atoms with van der Waals surface area (Å²) in [5, 5.41) is 15.3. The maximum absolute atomic E-state index is 13.0. The van der Waals surface area contributed by atoms with E-state index < -0.39 is 18.0 Å². The maximum atomic E-state index is 13.0. The average Bonchev–Trinajstić information content (AvgIpc) is 3.52. The molecule has 0 spiro atoms. The molecule has 5 rings (SSSR count). The van der Waals surface area contributed by atoms with Gasteiger partial charge in [0.15, 0.2) is 0 Å². The Hall–Kier alpha value is -4.67. The van der Waals surface area contributed by atoms with E-state index >= 15 is 0 Å². The van der Waals surface area contributed by atoms with Crippen molar-refractivity contribution in [2.45, 2.75) is 64.8 Å². The number of aromatic nitrogens is 2. The lowest BCUT2D eigenvalue weighted by atomic mass is 9.90. The molecule has 1 atom stereocenters. The SMILES string of the molecule is Cc1ccc(-n2nc(C(C)(C)C)cc2NC(=O)Nc2ccc(CC3CCN(C(=O)C[C@@H]4NC(=O)NC4=O)CC3)cc2)cc1. The van der Waals surface area contributed by atoms with Crippen LogP contribution in [0.4, 0.5) is 21.1 Å². The molecule has 3 aromatic rings. The minimum atomic E-state index is -0.789. The first-order chi connectivity index (χ1) is 20.4. The van der Waals surface area contributed by atoms with Crippen LogP contribution in [0.25, 0.3) is 5.69 Å². The van der Waals surface area contributed by atoms with E-state index in [-0.39, 0.29) is 23.8 Å². The van der Waals surface area contributed by atoms with Crippen molar-refractivity contribution in [3.05, 3.63) is 71.4 Å². The Balaban J connectivity index is 1.13. The Kier molecular flexibility index (Phi) is 8.52. The van der Waals surface area contributed by atoms with Gasteiger partial charge in [0.2, 0.25) is 5.91 Å². The summed E-state index contributed by atoms with van der Waals surface area (Å²) < 4.78 is 1.75. The number of anilines is 2. The zero-order chi connectivity index (χ0) is 30.7. The number of piperidine rings is 1. The summed E-state index contributed by atoms with van der Waals surface area (Å²) in [6.07, 6.45) is 2.59. The lowest BCUT2D eigenvalue weighted by Gasteiger charge is -2.32. The lowest BCUT2D eigenvalue weighted by Crippen LogP contribution is -2.42. The molecule has 11 heteroatoms. The zero-order valence-electron chi connectivity index (χ0n) is 25.1. The van der Waals surface area contributed by atoms with Crippen LogP contribution < -0.4 is 21.3 Å². The van der Waals surface area contributed by atoms with Gasteiger partial charge in [0, 0.05) is 30.3 Å². The van der Waals surface area contributed by atoms with Crippen LogP contribution in [0.2, 0.25) is 0 Å². The molecule has 0 unspecified atom stereocenters. The maximum Gasteiger partial charge on any atom is 0.324 e. The van der Waals surface area contributed by atoms with Gasteiger partial charge in [-0.2, -0.15) is 5.10 Å². The van der Waals surface area contributed by atoms with Gasteiger partial charge < -0.3 is 15.5 Å². The summed E-state index contributed by atoms with van der Waals surface area (Å²) in [7, 11) is 0. The van der Waals surface area contributed by atoms with E-state index in [1.807, 2.05) is 61.5 Å². The van der Waals surface area contributed by atoms with Crippen molar-refractivity contribution in [3.63, 3.8) is 0 Å². The van der Waals surface area contributed by atoms with Gasteiger partial charge in [-0.25, -0.2) is 14.3 Å². The largest absolute Gasteiger partial charge is 0.343 e. The topological polar surface area (TPSA) is 137 Å². The van der Waals surface area contributed by atoms with Crippen LogP contribution in [0.1, 0.15) is 56.9 Å². The predicted molar refractivity (Wildman–Crippen MR) is 164 cm³/mol. The third kappa shape index (κ3) is 7.40. The van der Waals surface area contributed by atoms with E-state index in [0.29, 0.717) is 30.5 Å². The molecule has 3 heterocycles. The van der Waals surface area contributed by atoms with Gasteiger partial charge in [-0.3, -0.25) is 20.2 Å². The van der Waals surface area contributed by atoms with Gasteiger partial charge in [-0.15, -0.1) is 0 Å². The number of hydrogen-bond donors (Lipinski definition) is 4. The molecule has 4 N–H and O–H groups in total. The molecule has 2 fully saturated rings. The number of carbonyl (C=O) groups is 4. The monoisotopic (exact) mass is 585 g/mol. The Morgan fingerprint density at radius 2 is 1.65 bits per heavy atom. The molecule has 1 aromatic heterocycles. The smallest absolute Gasteiger partial charge is 0.324 e. The van der Waals surface area contributed by atoms with Crippen LogP contribution in [0.3, 0.4) is 0 Å². The Bertz CT molecular complexity index is 1500. The zero-order valence-corrected chi connectivity index (χ0v) is 25.1. The van der Waals surface area contributed by atoms with E-state index in [1.54, 1.807) is 9.58 Å². The van der Waals surface area contributed by atoms with Crippen molar-refractivity contribution in [1.82, 2.24) is 25.3 Å². The van der Waals surface area contributed by atoms with Crippen LogP contribution >= 0.6 is 0 Å².